The topological polar surface area (TPSA) is 3.24 Å². The number of hydrogen-bond acceptors (Lipinski definition) is 1. The van der Waals surface area contributed by atoms with Crippen LogP contribution in [0.2, 0.25) is 0 Å². The van der Waals surface area contributed by atoms with Crippen LogP contribution in [-0.2, 0) is 0 Å². The zero-order valence-electron chi connectivity index (χ0n) is 16.1. The van der Waals surface area contributed by atoms with E-state index >= 15 is 0 Å². The van der Waals surface area contributed by atoms with E-state index in [-0.39, 0.29) is 0 Å². The van der Waals surface area contributed by atoms with E-state index in [0.29, 0.717) is 0 Å². The van der Waals surface area contributed by atoms with Crippen molar-refractivity contribution >= 4 is 0 Å². The summed E-state index contributed by atoms with van der Waals surface area (Å²) in [6.45, 7) is 2.10. The Morgan fingerprint density at radius 1 is 0.444 bits per heavy atom. The molecule has 0 heterocycles. The van der Waals surface area contributed by atoms with E-state index in [2.05, 4.69) is 79.6 Å². The van der Waals surface area contributed by atoms with Crippen LogP contribution in [0.5, 0.6) is 0 Å². The van der Waals surface area contributed by atoms with Crippen LogP contribution >= 0.6 is 0 Å². The van der Waals surface area contributed by atoms with Crippen molar-refractivity contribution in [2.75, 3.05) is 7.05 Å². The van der Waals surface area contributed by atoms with Gasteiger partial charge in [-0.25, -0.2) is 0 Å². The Kier molecular flexibility index (Phi) is 8.96. The lowest BCUT2D eigenvalue weighted by Crippen LogP contribution is -2.14. The van der Waals surface area contributed by atoms with Crippen LogP contribution in [0.25, 0.3) is 0 Å². The minimum atomic E-state index is 1.10. The molecule has 0 unspecified atom stereocenters. The van der Waals surface area contributed by atoms with Crippen LogP contribution in [0.4, 0.5) is 0 Å². The van der Waals surface area contributed by atoms with Crippen LogP contribution in [0.1, 0.15) is 6.92 Å². The molecule has 0 fully saturated rings. The summed E-state index contributed by atoms with van der Waals surface area (Å²) in [6, 6.07) is 0. The lowest BCUT2D eigenvalue weighted by molar-refractivity contribution is 0.554. The summed E-state index contributed by atoms with van der Waals surface area (Å²) in [4.78, 5) is 2.18. The molecule has 0 saturated carbocycles. The molecule has 0 aromatic heterocycles. The van der Waals surface area contributed by atoms with Gasteiger partial charge in [0.25, 0.3) is 0 Å². The second-order valence-corrected chi connectivity index (χ2v) is 6.04. The maximum atomic E-state index is 2.18. The van der Waals surface area contributed by atoms with Crippen LogP contribution < -0.4 is 0 Å². The largest absolute Gasteiger partial charge is 0.345 e. The van der Waals surface area contributed by atoms with Gasteiger partial charge in [-0.3, -0.25) is 0 Å². The molecule has 0 aromatic rings. The molecule has 0 bridgehead atoms. The highest BCUT2D eigenvalue weighted by Crippen LogP contribution is 2.15. The van der Waals surface area contributed by atoms with Gasteiger partial charge >= 0.3 is 0 Å². The molecule has 0 N–H and O–H groups in total. The van der Waals surface area contributed by atoms with Gasteiger partial charge in [-0.05, 0) is 31.2 Å². The van der Waals surface area contributed by atoms with Crippen LogP contribution in [0.15, 0.2) is 145 Å². The van der Waals surface area contributed by atoms with E-state index in [1.807, 2.05) is 66.8 Å². The second-order valence-electron chi connectivity index (χ2n) is 6.04. The van der Waals surface area contributed by atoms with Gasteiger partial charge in [0.15, 0.2) is 0 Å². The molecule has 2 rings (SSSR count). The summed E-state index contributed by atoms with van der Waals surface area (Å²) in [5.41, 5.74) is 3.41. The summed E-state index contributed by atoms with van der Waals surface area (Å²) < 4.78 is 0. The number of nitrogens with zero attached hydrogens (tertiary/aromatic N) is 1. The normalized spacial score (nSPS) is 33.8. The van der Waals surface area contributed by atoms with Gasteiger partial charge in [-0.2, -0.15) is 0 Å². The monoisotopic (exact) mass is 353 g/mol. The fourth-order valence-corrected chi connectivity index (χ4v) is 2.37. The lowest BCUT2D eigenvalue weighted by atomic mass is 10.2. The van der Waals surface area contributed by atoms with Crippen molar-refractivity contribution in [2.24, 2.45) is 0 Å². The highest BCUT2D eigenvalue weighted by atomic mass is 15.1. The smallest absolute Gasteiger partial charge is 0.0408 e. The van der Waals surface area contributed by atoms with Crippen molar-refractivity contribution in [3.8, 4) is 0 Å². The van der Waals surface area contributed by atoms with Crippen molar-refractivity contribution < 1.29 is 0 Å². The van der Waals surface area contributed by atoms with Gasteiger partial charge in [0, 0.05) is 18.4 Å². The van der Waals surface area contributed by atoms with Crippen molar-refractivity contribution in [1.82, 2.24) is 4.90 Å². The van der Waals surface area contributed by atoms with E-state index in [0.717, 1.165) is 11.4 Å². The third-order valence-electron chi connectivity index (χ3n) is 3.89. The number of hydrogen-bond donors (Lipinski definition) is 0. The Bertz CT molecular complexity index is 841. The van der Waals surface area contributed by atoms with Gasteiger partial charge in [-0.1, -0.05) is 109 Å². The van der Waals surface area contributed by atoms with Crippen molar-refractivity contribution in [1.29, 1.82) is 0 Å². The molecule has 0 atom stereocenters. The zero-order chi connectivity index (χ0) is 19.2. The molecule has 0 aliphatic heterocycles. The number of allylic oxidation sites excluding steroid dienone is 22. The van der Waals surface area contributed by atoms with Gasteiger partial charge in [0.1, 0.15) is 0 Å². The average Bonchev–Trinajstić information content (AvgIpc) is 2.64. The zero-order valence-corrected chi connectivity index (χ0v) is 16.1. The third-order valence-corrected chi connectivity index (χ3v) is 3.89. The van der Waals surface area contributed by atoms with E-state index in [1.165, 1.54) is 5.57 Å². The summed E-state index contributed by atoms with van der Waals surface area (Å²) >= 11 is 0. The van der Waals surface area contributed by atoms with Gasteiger partial charge in [-0.15, -0.1) is 0 Å². The first-order valence-electron chi connectivity index (χ1n) is 9.13. The summed E-state index contributed by atoms with van der Waals surface area (Å²) in [7, 11) is 2.08. The Morgan fingerprint density at radius 2 is 0.852 bits per heavy atom. The van der Waals surface area contributed by atoms with Crippen molar-refractivity contribution in [2.45, 2.75) is 6.92 Å². The second kappa shape index (κ2) is 12.1. The highest BCUT2D eigenvalue weighted by molar-refractivity contribution is 5.37. The first-order valence-corrected chi connectivity index (χ1v) is 9.13. The van der Waals surface area contributed by atoms with Gasteiger partial charge in [0.2, 0.25) is 0 Å². The Labute approximate surface area is 163 Å². The predicted molar refractivity (Wildman–Crippen MR) is 120 cm³/mol. The number of rotatable bonds is 2. The molecule has 1 nitrogen and oxygen atoms in total. The molecule has 0 saturated heterocycles. The van der Waals surface area contributed by atoms with Crippen LogP contribution in [0, 0.1) is 0 Å². The quantitative estimate of drug-likeness (QED) is 0.536. The molecule has 2 aliphatic carbocycles. The molecule has 2 aliphatic rings. The van der Waals surface area contributed by atoms with E-state index in [9.17, 15) is 0 Å². The first kappa shape index (κ1) is 20.0. The van der Waals surface area contributed by atoms with E-state index in [4.69, 9.17) is 0 Å². The van der Waals surface area contributed by atoms with E-state index < -0.39 is 0 Å². The summed E-state index contributed by atoms with van der Waals surface area (Å²) in [6.07, 6.45) is 43.2. The summed E-state index contributed by atoms with van der Waals surface area (Å²) in [5, 5.41) is 0. The highest BCUT2D eigenvalue weighted by Gasteiger charge is 2.03. The molecule has 0 aromatic carbocycles. The lowest BCUT2D eigenvalue weighted by Gasteiger charge is -2.21. The molecular weight excluding hydrogens is 326 g/mol. The maximum absolute atomic E-state index is 2.18. The molecule has 27 heavy (non-hydrogen) atoms. The minimum Gasteiger partial charge on any atom is -0.345 e. The van der Waals surface area contributed by atoms with Crippen molar-refractivity contribution in [3.05, 3.63) is 145 Å². The first-order chi connectivity index (χ1) is 13.3. The summed E-state index contributed by atoms with van der Waals surface area (Å²) in [5.74, 6) is 0. The molecule has 0 spiro atoms. The molecular formula is C26H27N. The van der Waals surface area contributed by atoms with Crippen LogP contribution in [0.3, 0.4) is 0 Å². The molecule has 0 radical (unpaired) electrons. The number of likely N-dealkylation sites (N-methyl/N-ethyl adjacent to an activating group) is 1. The fraction of sp³-hybridized carbons (Fsp3) is 0.0769. The third kappa shape index (κ3) is 8.06. The SMILES string of the molecule is CC1=C/C=C\C=C/C=C\C(N(C)C2=C/C=C\C=C/C=C\C=C/C=C\2)=C/C=C\1. The molecule has 0 amide bonds. The van der Waals surface area contributed by atoms with Crippen LogP contribution in [-0.4, -0.2) is 11.9 Å². The minimum absolute atomic E-state index is 1.10. The van der Waals surface area contributed by atoms with Gasteiger partial charge in [0.05, 0.1) is 0 Å². The average molecular weight is 354 g/mol. The molecule has 136 valence electrons. The standard InChI is InChI=1S/C26H27N/c1-24-18-13-9-8-12-16-22-26(23-17-19-24)27(2)25-20-14-10-6-4-3-5-7-11-15-21-25/h3-23H,1-2H3/b4-3-,5-3?,6-4?,7-5-,9-8?,10-6-,11-7?,12-8-,13-9-,14-10?,15-11-,16-12?,18-13?,19-17-,20-14-,21-15?,22-16-,23-17?,24-18-,24-19?,25-20?,25-21+,26-22?,26-23+. The maximum Gasteiger partial charge on any atom is 0.0408 e. The van der Waals surface area contributed by atoms with Gasteiger partial charge < -0.3 is 4.90 Å². The Hall–Kier alpha value is -3.32. The molecule has 1 heteroatoms. The van der Waals surface area contributed by atoms with E-state index in [1.54, 1.807) is 0 Å². The van der Waals surface area contributed by atoms with Crippen molar-refractivity contribution in [3.63, 3.8) is 0 Å². The Morgan fingerprint density at radius 3 is 1.41 bits per heavy atom. The fourth-order valence-electron chi connectivity index (χ4n) is 2.37. The Balaban J connectivity index is 2.33. The predicted octanol–water partition coefficient (Wildman–Crippen LogP) is 6.67.